The van der Waals surface area contributed by atoms with Gasteiger partial charge in [0.2, 0.25) is 0 Å². The molecular weight excluding hydrogens is 78.8 g/mol. The van der Waals surface area contributed by atoms with Crippen LogP contribution in [-0.2, 0) is 9.45 Å². The summed E-state index contributed by atoms with van der Waals surface area (Å²) >= 11 is 0. The van der Waals surface area contributed by atoms with Crippen LogP contribution in [0.15, 0.2) is 0 Å². The van der Waals surface area contributed by atoms with E-state index in [1.165, 1.54) is 6.92 Å². The highest BCUT2D eigenvalue weighted by atomic mass is 16.5. The summed E-state index contributed by atoms with van der Waals surface area (Å²) < 4.78 is 4.40. The largest absolute Gasteiger partial charge is 0.540 e. The third kappa shape index (κ3) is 3.53. The number of hydrogen-bond acceptors (Lipinski definition) is 2. The second-order valence-corrected chi connectivity index (χ2v) is 0.925. The lowest BCUT2D eigenvalue weighted by molar-refractivity contribution is -0.131. The fourth-order valence-corrected chi connectivity index (χ4v) is 0.203. The van der Waals surface area contributed by atoms with Crippen molar-refractivity contribution in [3.8, 4) is 0 Å². The second kappa shape index (κ2) is 2.76. The van der Waals surface area contributed by atoms with E-state index < -0.39 is 0 Å². The van der Waals surface area contributed by atoms with Crippen molar-refractivity contribution in [3.05, 3.63) is 0 Å². The number of carbonyl (C=O) groups excluding carboxylic acids is 1. The fraction of sp³-hybridized carbons (Fsp3) is 0.667. The Balaban J connectivity index is 2.83. The van der Waals surface area contributed by atoms with Crippen molar-refractivity contribution in [2.45, 2.75) is 13.7 Å². The molecule has 0 bridgehead atoms. The molecule has 0 aliphatic rings. The summed E-state index contributed by atoms with van der Waals surface area (Å²) in [5, 5.41) is 0. The SMILES string of the molecule is CBOC(C)=O. The van der Waals surface area contributed by atoms with Crippen molar-refractivity contribution >= 4 is 13.5 Å². The van der Waals surface area contributed by atoms with Crippen LogP contribution in [-0.4, -0.2) is 13.5 Å². The molecule has 0 spiro atoms. The number of carbonyl (C=O) groups is 1. The Kier molecular flexibility index (Phi) is 2.54. The standard InChI is InChI=1S/C3H7BO2/c1-3(5)6-4-2/h4H,1-2H3. The van der Waals surface area contributed by atoms with Gasteiger partial charge in [-0.3, -0.25) is 4.79 Å². The van der Waals surface area contributed by atoms with Gasteiger partial charge in [0.1, 0.15) is 0 Å². The first-order valence-electron chi connectivity index (χ1n) is 1.90. The Hall–Kier alpha value is -0.465. The lowest BCUT2D eigenvalue weighted by Crippen LogP contribution is -1.98. The Morgan fingerprint density at radius 3 is 2.33 bits per heavy atom. The average Bonchev–Trinajstić information content (AvgIpc) is 1.35. The summed E-state index contributed by atoms with van der Waals surface area (Å²) in [6.45, 7) is 3.17. The van der Waals surface area contributed by atoms with E-state index in [4.69, 9.17) is 0 Å². The lowest BCUT2D eigenvalue weighted by Gasteiger charge is -1.88. The number of rotatable bonds is 1. The summed E-state index contributed by atoms with van der Waals surface area (Å²) in [4.78, 5) is 9.82. The minimum absolute atomic E-state index is 0.211. The Labute approximate surface area is 37.8 Å². The quantitative estimate of drug-likeness (QED) is 0.418. The minimum Gasteiger partial charge on any atom is -0.540 e. The van der Waals surface area contributed by atoms with Crippen LogP contribution in [0.3, 0.4) is 0 Å². The highest BCUT2D eigenvalue weighted by Gasteiger charge is 1.83. The van der Waals surface area contributed by atoms with Gasteiger partial charge in [0, 0.05) is 6.92 Å². The topological polar surface area (TPSA) is 26.3 Å². The maximum Gasteiger partial charge on any atom is 0.340 e. The molecule has 0 aromatic rings. The van der Waals surface area contributed by atoms with Crippen molar-refractivity contribution in [3.63, 3.8) is 0 Å². The fourth-order valence-electron chi connectivity index (χ4n) is 0.203. The molecule has 0 aromatic carbocycles. The van der Waals surface area contributed by atoms with Crippen molar-refractivity contribution in [2.75, 3.05) is 0 Å². The average molecular weight is 85.9 g/mol. The van der Waals surface area contributed by atoms with E-state index in [2.05, 4.69) is 4.65 Å². The summed E-state index contributed by atoms with van der Waals surface area (Å²) in [5.41, 5.74) is 0. The normalized spacial score (nSPS) is 7.00. The van der Waals surface area contributed by atoms with Crippen molar-refractivity contribution in [2.24, 2.45) is 0 Å². The predicted molar refractivity (Wildman–Crippen MR) is 24.8 cm³/mol. The molecule has 0 rings (SSSR count). The van der Waals surface area contributed by atoms with E-state index in [0.717, 1.165) is 0 Å². The summed E-state index contributed by atoms with van der Waals surface area (Å²) in [6, 6.07) is 0. The molecule has 0 aromatic heterocycles. The minimum atomic E-state index is -0.211. The van der Waals surface area contributed by atoms with Gasteiger partial charge >= 0.3 is 7.48 Å². The van der Waals surface area contributed by atoms with E-state index in [9.17, 15) is 4.79 Å². The van der Waals surface area contributed by atoms with Gasteiger partial charge in [-0.1, -0.05) is 6.82 Å². The third-order valence-corrected chi connectivity index (χ3v) is 0.348. The van der Waals surface area contributed by atoms with Crippen LogP contribution in [0, 0.1) is 0 Å². The van der Waals surface area contributed by atoms with Crippen LogP contribution in [0.4, 0.5) is 0 Å². The summed E-state index contributed by atoms with van der Waals surface area (Å²) in [6.07, 6.45) is 0. The first kappa shape index (κ1) is 5.53. The van der Waals surface area contributed by atoms with Crippen LogP contribution >= 0.6 is 0 Å². The Morgan fingerprint density at radius 2 is 2.33 bits per heavy atom. The highest BCUT2D eigenvalue weighted by molar-refractivity contribution is 6.28. The number of hydrogen-bond donors (Lipinski definition) is 0. The monoisotopic (exact) mass is 86.1 g/mol. The van der Waals surface area contributed by atoms with Crippen LogP contribution in [0.2, 0.25) is 6.82 Å². The van der Waals surface area contributed by atoms with Crippen molar-refractivity contribution in [1.82, 2.24) is 0 Å². The first-order valence-corrected chi connectivity index (χ1v) is 1.90. The smallest absolute Gasteiger partial charge is 0.340 e. The van der Waals surface area contributed by atoms with Crippen LogP contribution in [0.25, 0.3) is 0 Å². The molecule has 0 saturated carbocycles. The molecule has 0 amide bonds. The van der Waals surface area contributed by atoms with Gasteiger partial charge in [0.15, 0.2) is 0 Å². The maximum absolute atomic E-state index is 9.82. The molecule has 0 unspecified atom stereocenters. The van der Waals surface area contributed by atoms with E-state index in [1.807, 2.05) is 0 Å². The van der Waals surface area contributed by atoms with E-state index in [0.29, 0.717) is 7.48 Å². The molecule has 0 saturated heterocycles. The molecule has 0 aliphatic heterocycles. The zero-order valence-corrected chi connectivity index (χ0v) is 4.02. The van der Waals surface area contributed by atoms with Crippen molar-refractivity contribution < 1.29 is 9.45 Å². The Bertz CT molecular complexity index is 52.8. The molecule has 2 nitrogen and oxygen atoms in total. The van der Waals surface area contributed by atoms with Gasteiger partial charge in [-0.15, -0.1) is 0 Å². The third-order valence-electron chi connectivity index (χ3n) is 0.348. The van der Waals surface area contributed by atoms with Crippen molar-refractivity contribution in [1.29, 1.82) is 0 Å². The molecule has 0 N–H and O–H groups in total. The first-order chi connectivity index (χ1) is 2.77. The van der Waals surface area contributed by atoms with Crippen LogP contribution < -0.4 is 0 Å². The second-order valence-electron chi connectivity index (χ2n) is 0.925. The van der Waals surface area contributed by atoms with Gasteiger partial charge in [-0.05, 0) is 0 Å². The molecule has 0 radical (unpaired) electrons. The van der Waals surface area contributed by atoms with E-state index in [1.54, 1.807) is 6.82 Å². The summed E-state index contributed by atoms with van der Waals surface area (Å²) in [7, 11) is 0.481. The zero-order valence-electron chi connectivity index (χ0n) is 4.02. The van der Waals surface area contributed by atoms with Gasteiger partial charge in [0.25, 0.3) is 5.97 Å². The Morgan fingerprint density at radius 1 is 1.83 bits per heavy atom. The predicted octanol–water partition coefficient (Wildman–Crippen LogP) is -0.0509. The lowest BCUT2D eigenvalue weighted by atomic mass is 10.1. The molecule has 0 aliphatic carbocycles. The molecule has 34 valence electrons. The molecule has 6 heavy (non-hydrogen) atoms. The molecule has 0 atom stereocenters. The van der Waals surface area contributed by atoms with E-state index in [-0.39, 0.29) is 5.97 Å². The van der Waals surface area contributed by atoms with Gasteiger partial charge in [-0.25, -0.2) is 0 Å². The van der Waals surface area contributed by atoms with E-state index >= 15 is 0 Å². The summed E-state index contributed by atoms with van der Waals surface area (Å²) in [5.74, 6) is -0.211. The maximum atomic E-state index is 9.82. The van der Waals surface area contributed by atoms with Crippen LogP contribution in [0.5, 0.6) is 0 Å². The molecule has 0 heterocycles. The van der Waals surface area contributed by atoms with Gasteiger partial charge < -0.3 is 4.65 Å². The van der Waals surface area contributed by atoms with Gasteiger partial charge in [-0.2, -0.15) is 0 Å². The van der Waals surface area contributed by atoms with Gasteiger partial charge in [0.05, 0.1) is 0 Å². The molecular formula is C3H7BO2. The molecule has 0 fully saturated rings. The van der Waals surface area contributed by atoms with Crippen LogP contribution in [0.1, 0.15) is 6.92 Å². The highest BCUT2D eigenvalue weighted by Crippen LogP contribution is 1.67. The molecule has 3 heteroatoms. The zero-order chi connectivity index (χ0) is 4.99.